The van der Waals surface area contributed by atoms with E-state index in [2.05, 4.69) is 10.4 Å². The van der Waals surface area contributed by atoms with Gasteiger partial charge in [-0.15, -0.1) is 0 Å². The number of benzene rings is 1. The molecule has 2 heterocycles. The number of halogens is 1. The van der Waals surface area contributed by atoms with E-state index in [4.69, 9.17) is 9.47 Å². The molecule has 0 bridgehead atoms. The number of ether oxygens (including phenoxy) is 2. The monoisotopic (exact) mass is 347 g/mol. The summed E-state index contributed by atoms with van der Waals surface area (Å²) in [6.07, 6.45) is 0. The largest absolute Gasteiger partial charge is 0.477 e. The second-order valence-electron chi connectivity index (χ2n) is 5.90. The number of carbonyl (C=O) groups excluding carboxylic acids is 1. The van der Waals surface area contributed by atoms with Gasteiger partial charge in [-0.3, -0.25) is 0 Å². The van der Waals surface area contributed by atoms with Gasteiger partial charge in [0, 0.05) is 18.0 Å². The predicted molar refractivity (Wildman–Crippen MR) is 91.1 cm³/mol. The number of nitrogens with one attached hydrogen (secondary N) is 1. The molecule has 1 aliphatic heterocycles. The van der Waals surface area contributed by atoms with Gasteiger partial charge in [0.2, 0.25) is 5.88 Å². The Hall–Kier alpha value is -2.41. The van der Waals surface area contributed by atoms with Crippen molar-refractivity contribution in [1.29, 1.82) is 0 Å². The molecule has 1 atom stereocenters. The van der Waals surface area contributed by atoms with Crippen LogP contribution in [-0.2, 0) is 11.3 Å². The number of hydrogen-bond donors (Lipinski definition) is 1. The molecule has 0 saturated heterocycles. The van der Waals surface area contributed by atoms with Gasteiger partial charge >= 0.3 is 5.97 Å². The Balaban J connectivity index is 2.02. The highest BCUT2D eigenvalue weighted by molar-refractivity contribution is 5.98. The van der Waals surface area contributed by atoms with Crippen molar-refractivity contribution in [3.8, 4) is 17.1 Å². The van der Waals surface area contributed by atoms with Gasteiger partial charge in [0.15, 0.2) is 0 Å². The van der Waals surface area contributed by atoms with Gasteiger partial charge in [-0.25, -0.2) is 13.9 Å². The summed E-state index contributed by atoms with van der Waals surface area (Å²) in [7, 11) is 0. The molecule has 0 amide bonds. The van der Waals surface area contributed by atoms with E-state index in [1.54, 1.807) is 29.8 Å². The minimum absolute atomic E-state index is 0.189. The summed E-state index contributed by atoms with van der Waals surface area (Å²) in [4.78, 5) is 12.4. The summed E-state index contributed by atoms with van der Waals surface area (Å²) in [5.41, 5.74) is 0.712. The lowest BCUT2D eigenvalue weighted by atomic mass is 10.1. The maximum atomic E-state index is 14.3. The van der Waals surface area contributed by atoms with Crippen LogP contribution in [0.5, 0.6) is 5.88 Å². The van der Waals surface area contributed by atoms with Crippen LogP contribution in [0.4, 0.5) is 4.39 Å². The van der Waals surface area contributed by atoms with Crippen LogP contribution in [0.3, 0.4) is 0 Å². The Labute approximate surface area is 145 Å². The van der Waals surface area contributed by atoms with Gasteiger partial charge in [0.1, 0.15) is 17.1 Å². The van der Waals surface area contributed by atoms with Crippen LogP contribution in [0.25, 0.3) is 11.3 Å². The van der Waals surface area contributed by atoms with Crippen LogP contribution in [0, 0.1) is 11.7 Å². The molecule has 7 heteroatoms. The van der Waals surface area contributed by atoms with Crippen molar-refractivity contribution in [2.75, 3.05) is 26.3 Å². The topological polar surface area (TPSA) is 65.4 Å². The molecule has 1 aliphatic rings. The molecule has 0 saturated carbocycles. The summed E-state index contributed by atoms with van der Waals surface area (Å²) in [6, 6.07) is 6.25. The van der Waals surface area contributed by atoms with Gasteiger partial charge in [-0.1, -0.05) is 19.1 Å². The Morgan fingerprint density at radius 2 is 2.24 bits per heavy atom. The minimum atomic E-state index is -0.549. The number of aromatic nitrogens is 2. The van der Waals surface area contributed by atoms with Crippen LogP contribution in [0.2, 0.25) is 0 Å². The van der Waals surface area contributed by atoms with E-state index in [-0.39, 0.29) is 29.3 Å². The quantitative estimate of drug-likeness (QED) is 0.814. The van der Waals surface area contributed by atoms with Crippen molar-refractivity contribution in [2.45, 2.75) is 20.4 Å². The first-order chi connectivity index (χ1) is 12.2. The molecule has 0 fully saturated rings. The molecule has 0 radical (unpaired) electrons. The van der Waals surface area contributed by atoms with Crippen molar-refractivity contribution in [3.63, 3.8) is 0 Å². The lowest BCUT2D eigenvalue weighted by molar-refractivity contribution is 0.0517. The summed E-state index contributed by atoms with van der Waals surface area (Å²) in [5.74, 6) is -0.403. The van der Waals surface area contributed by atoms with Gasteiger partial charge in [-0.05, 0) is 25.6 Å². The zero-order chi connectivity index (χ0) is 17.8. The van der Waals surface area contributed by atoms with E-state index < -0.39 is 11.8 Å². The van der Waals surface area contributed by atoms with Crippen molar-refractivity contribution < 1.29 is 18.7 Å². The number of hydrogen-bond acceptors (Lipinski definition) is 5. The van der Waals surface area contributed by atoms with Gasteiger partial charge in [0.25, 0.3) is 0 Å². The Kier molecular flexibility index (Phi) is 5.33. The van der Waals surface area contributed by atoms with Gasteiger partial charge < -0.3 is 14.8 Å². The normalized spacial score (nSPS) is 16.2. The third-order valence-electron chi connectivity index (χ3n) is 4.08. The Bertz CT molecular complexity index is 760. The molecule has 1 N–H and O–H groups in total. The summed E-state index contributed by atoms with van der Waals surface area (Å²) < 4.78 is 26.8. The fraction of sp³-hybridized carbons (Fsp3) is 0.444. The second kappa shape index (κ2) is 7.65. The molecule has 1 aromatic carbocycles. The van der Waals surface area contributed by atoms with Crippen LogP contribution in [-0.4, -0.2) is 42.1 Å². The molecule has 134 valence electrons. The Morgan fingerprint density at radius 3 is 2.96 bits per heavy atom. The molecular formula is C18H22FN3O3. The number of esters is 1. The van der Waals surface area contributed by atoms with Crippen LogP contribution in [0.1, 0.15) is 24.2 Å². The second-order valence-corrected chi connectivity index (χ2v) is 5.90. The standard InChI is InChI=1S/C18H22FN3O3/c1-3-20-9-12-10-22-17(25-11-12)15(18(23)24-4-2)16(21-22)13-7-5-6-8-14(13)19/h5-8,12,20H,3-4,9-11H2,1-2H3. The lowest BCUT2D eigenvalue weighted by Gasteiger charge is -2.24. The molecule has 6 nitrogen and oxygen atoms in total. The summed E-state index contributed by atoms with van der Waals surface area (Å²) >= 11 is 0. The van der Waals surface area contributed by atoms with E-state index in [9.17, 15) is 9.18 Å². The summed E-state index contributed by atoms with van der Waals surface area (Å²) in [5, 5.41) is 7.75. The predicted octanol–water partition coefficient (Wildman–Crippen LogP) is 2.48. The van der Waals surface area contributed by atoms with Crippen LogP contribution in [0.15, 0.2) is 24.3 Å². The molecule has 1 aromatic heterocycles. The Morgan fingerprint density at radius 1 is 1.44 bits per heavy atom. The first-order valence-electron chi connectivity index (χ1n) is 8.52. The average Bonchev–Trinajstić information content (AvgIpc) is 2.99. The van der Waals surface area contributed by atoms with Gasteiger partial charge in [-0.2, -0.15) is 5.10 Å². The smallest absolute Gasteiger partial charge is 0.345 e. The third-order valence-corrected chi connectivity index (χ3v) is 4.08. The van der Waals surface area contributed by atoms with Gasteiger partial charge in [0.05, 0.1) is 19.8 Å². The number of fused-ring (bicyclic) bond motifs is 1. The molecule has 0 aliphatic carbocycles. The first-order valence-corrected chi connectivity index (χ1v) is 8.52. The number of rotatable bonds is 6. The molecular weight excluding hydrogens is 325 g/mol. The first kappa shape index (κ1) is 17.4. The minimum Gasteiger partial charge on any atom is -0.477 e. The molecule has 3 rings (SSSR count). The number of carbonyl (C=O) groups is 1. The average molecular weight is 347 g/mol. The zero-order valence-electron chi connectivity index (χ0n) is 14.4. The molecule has 1 unspecified atom stereocenters. The van der Waals surface area contributed by atoms with E-state index in [1.165, 1.54) is 6.07 Å². The molecule has 0 spiro atoms. The van der Waals surface area contributed by atoms with E-state index in [1.807, 2.05) is 6.92 Å². The van der Waals surface area contributed by atoms with Crippen molar-refractivity contribution in [1.82, 2.24) is 15.1 Å². The lowest BCUT2D eigenvalue weighted by Crippen LogP contribution is -2.34. The highest BCUT2D eigenvalue weighted by Crippen LogP contribution is 2.35. The number of nitrogens with zero attached hydrogens (tertiary/aromatic N) is 2. The van der Waals surface area contributed by atoms with Crippen LogP contribution < -0.4 is 10.1 Å². The SMILES string of the molecule is CCNCC1COc2c(C(=O)OCC)c(-c3ccccc3F)nn2C1. The summed E-state index contributed by atoms with van der Waals surface area (Å²) in [6.45, 7) is 6.73. The zero-order valence-corrected chi connectivity index (χ0v) is 14.4. The maximum absolute atomic E-state index is 14.3. The molecule has 2 aromatic rings. The molecule has 25 heavy (non-hydrogen) atoms. The van der Waals surface area contributed by atoms with E-state index >= 15 is 0 Å². The van der Waals surface area contributed by atoms with Crippen molar-refractivity contribution >= 4 is 5.97 Å². The third kappa shape index (κ3) is 3.51. The van der Waals surface area contributed by atoms with Crippen molar-refractivity contribution in [2.24, 2.45) is 5.92 Å². The highest BCUT2D eigenvalue weighted by atomic mass is 19.1. The fourth-order valence-electron chi connectivity index (χ4n) is 2.91. The van der Waals surface area contributed by atoms with E-state index in [0.29, 0.717) is 19.0 Å². The van der Waals surface area contributed by atoms with Crippen LogP contribution >= 0.6 is 0 Å². The fourth-order valence-corrected chi connectivity index (χ4v) is 2.91. The van der Waals surface area contributed by atoms with Crippen molar-refractivity contribution in [3.05, 3.63) is 35.6 Å². The highest BCUT2D eigenvalue weighted by Gasteiger charge is 2.32. The maximum Gasteiger partial charge on any atom is 0.345 e. The van der Waals surface area contributed by atoms with E-state index in [0.717, 1.165) is 13.1 Å².